The number of hydrogen-bond acceptors (Lipinski definition) is 6. The first-order chi connectivity index (χ1) is 14.2. The van der Waals surface area contributed by atoms with Crippen LogP contribution in [0.25, 0.3) is 0 Å². The van der Waals surface area contributed by atoms with Gasteiger partial charge in [0.1, 0.15) is 11.5 Å². The summed E-state index contributed by atoms with van der Waals surface area (Å²) in [5.41, 5.74) is -1.28. The number of benzene rings is 2. The average molecular weight is 414 g/mol. The molecule has 0 N–H and O–H groups in total. The predicted octanol–water partition coefficient (Wildman–Crippen LogP) is 4.74. The minimum atomic E-state index is -1.30. The van der Waals surface area contributed by atoms with Gasteiger partial charge in [0.25, 0.3) is 0 Å². The number of hydrogen-bond donors (Lipinski definition) is 0. The fourth-order valence-corrected chi connectivity index (χ4v) is 3.51. The first-order valence-corrected chi connectivity index (χ1v) is 10.0. The van der Waals surface area contributed by atoms with Crippen molar-refractivity contribution >= 4 is 11.9 Å². The van der Waals surface area contributed by atoms with Crippen molar-refractivity contribution in [3.8, 4) is 11.5 Å². The summed E-state index contributed by atoms with van der Waals surface area (Å²) in [7, 11) is 0. The Hall–Kier alpha value is -3.02. The van der Waals surface area contributed by atoms with Crippen LogP contribution in [0.4, 0.5) is 0 Å². The zero-order valence-electron chi connectivity index (χ0n) is 18.5. The minimum Gasteiger partial charge on any atom is -0.494 e. The van der Waals surface area contributed by atoms with E-state index in [-0.39, 0.29) is 0 Å². The highest BCUT2D eigenvalue weighted by molar-refractivity contribution is 5.69. The van der Waals surface area contributed by atoms with Crippen molar-refractivity contribution < 1.29 is 28.5 Å². The maximum Gasteiger partial charge on any atom is 0.303 e. The molecule has 0 bridgehead atoms. The molecule has 0 aliphatic carbocycles. The topological polar surface area (TPSA) is 71.1 Å². The monoisotopic (exact) mass is 414 g/mol. The molecule has 2 unspecified atom stereocenters. The predicted molar refractivity (Wildman–Crippen MR) is 113 cm³/mol. The zero-order chi connectivity index (χ0) is 22.4. The van der Waals surface area contributed by atoms with Crippen LogP contribution in [-0.4, -0.2) is 25.2 Å². The molecular formula is C24H30O6. The van der Waals surface area contributed by atoms with E-state index in [1.165, 1.54) is 13.8 Å². The summed E-state index contributed by atoms with van der Waals surface area (Å²) in [6, 6.07) is 14.4. The van der Waals surface area contributed by atoms with Gasteiger partial charge >= 0.3 is 11.9 Å². The third kappa shape index (κ3) is 4.93. The number of carbonyl (C=O) groups is 2. The van der Waals surface area contributed by atoms with Gasteiger partial charge in [-0.2, -0.15) is 0 Å². The Balaban J connectivity index is 2.63. The molecule has 0 aliphatic rings. The summed E-state index contributed by atoms with van der Waals surface area (Å²) < 4.78 is 22.7. The third-order valence-corrected chi connectivity index (χ3v) is 5.04. The van der Waals surface area contributed by atoms with Crippen LogP contribution in [0.2, 0.25) is 0 Å². The zero-order valence-corrected chi connectivity index (χ0v) is 18.5. The van der Waals surface area contributed by atoms with Crippen molar-refractivity contribution in [1.82, 2.24) is 0 Å². The Labute approximate surface area is 178 Å². The van der Waals surface area contributed by atoms with E-state index in [0.717, 1.165) is 0 Å². The van der Waals surface area contributed by atoms with Gasteiger partial charge < -0.3 is 18.9 Å². The van der Waals surface area contributed by atoms with Crippen molar-refractivity contribution in [2.24, 2.45) is 0 Å². The molecule has 2 aromatic rings. The van der Waals surface area contributed by atoms with Crippen molar-refractivity contribution in [3.63, 3.8) is 0 Å². The molecule has 0 aliphatic heterocycles. The van der Waals surface area contributed by atoms with Gasteiger partial charge in [-0.05, 0) is 63.1 Å². The lowest BCUT2D eigenvalue weighted by Crippen LogP contribution is -2.50. The standard InChI is InChI=1S/C24H30O6/c1-7-27-21-13-9-19(10-14-21)23(5,29-17(3)25)24(6,30-18(4)26)20-11-15-22(16-12-20)28-8-2/h9-16H,7-8H2,1-6H3. The Morgan fingerprint density at radius 1 is 0.667 bits per heavy atom. The van der Waals surface area contributed by atoms with Gasteiger partial charge in [-0.3, -0.25) is 9.59 Å². The summed E-state index contributed by atoms with van der Waals surface area (Å²) in [4.78, 5) is 24.2. The van der Waals surface area contributed by atoms with E-state index in [1.54, 1.807) is 38.1 Å². The van der Waals surface area contributed by atoms with Crippen LogP contribution in [0.15, 0.2) is 48.5 Å². The van der Waals surface area contributed by atoms with Crippen molar-refractivity contribution in [1.29, 1.82) is 0 Å². The van der Waals surface area contributed by atoms with Crippen LogP contribution in [0.1, 0.15) is 52.7 Å². The van der Waals surface area contributed by atoms with E-state index in [4.69, 9.17) is 18.9 Å². The first kappa shape index (κ1) is 23.3. The van der Waals surface area contributed by atoms with Crippen molar-refractivity contribution in [2.45, 2.75) is 52.7 Å². The lowest BCUT2D eigenvalue weighted by molar-refractivity contribution is -0.211. The Kier molecular flexibility index (Phi) is 7.48. The lowest BCUT2D eigenvalue weighted by atomic mass is 9.75. The van der Waals surface area contributed by atoms with Crippen LogP contribution < -0.4 is 9.47 Å². The fourth-order valence-electron chi connectivity index (χ4n) is 3.51. The van der Waals surface area contributed by atoms with Crippen molar-refractivity contribution in [3.05, 3.63) is 59.7 Å². The average Bonchev–Trinajstić information content (AvgIpc) is 2.68. The first-order valence-electron chi connectivity index (χ1n) is 10.0. The Morgan fingerprint density at radius 2 is 0.967 bits per heavy atom. The molecule has 0 saturated carbocycles. The minimum absolute atomic E-state index is 0.490. The van der Waals surface area contributed by atoms with Gasteiger partial charge in [0, 0.05) is 13.8 Å². The number of ether oxygens (including phenoxy) is 4. The highest BCUT2D eigenvalue weighted by Crippen LogP contribution is 2.47. The van der Waals surface area contributed by atoms with E-state index in [9.17, 15) is 9.59 Å². The molecule has 0 radical (unpaired) electrons. The molecule has 0 fully saturated rings. The smallest absolute Gasteiger partial charge is 0.303 e. The van der Waals surface area contributed by atoms with E-state index in [1.807, 2.05) is 38.1 Å². The van der Waals surface area contributed by atoms with E-state index < -0.39 is 23.1 Å². The third-order valence-electron chi connectivity index (χ3n) is 5.04. The van der Waals surface area contributed by atoms with Gasteiger partial charge in [-0.15, -0.1) is 0 Å². The summed E-state index contributed by atoms with van der Waals surface area (Å²) in [5.74, 6) is 0.412. The summed E-state index contributed by atoms with van der Waals surface area (Å²) in [6.45, 7) is 11.0. The largest absolute Gasteiger partial charge is 0.494 e. The van der Waals surface area contributed by atoms with Crippen LogP contribution in [0.3, 0.4) is 0 Å². The molecule has 0 spiro atoms. The molecule has 0 saturated heterocycles. The van der Waals surface area contributed by atoms with E-state index in [0.29, 0.717) is 35.8 Å². The molecule has 6 nitrogen and oxygen atoms in total. The molecule has 0 heterocycles. The van der Waals surface area contributed by atoms with Crippen LogP contribution in [0, 0.1) is 0 Å². The van der Waals surface area contributed by atoms with Gasteiger partial charge in [-0.1, -0.05) is 24.3 Å². The van der Waals surface area contributed by atoms with E-state index in [2.05, 4.69) is 0 Å². The normalized spacial score (nSPS) is 14.7. The summed E-state index contributed by atoms with van der Waals surface area (Å²) >= 11 is 0. The summed E-state index contributed by atoms with van der Waals surface area (Å²) in [6.07, 6.45) is 0. The van der Waals surface area contributed by atoms with Crippen molar-refractivity contribution in [2.75, 3.05) is 13.2 Å². The molecule has 2 aromatic carbocycles. The number of esters is 2. The van der Waals surface area contributed by atoms with Crippen LogP contribution >= 0.6 is 0 Å². The maximum atomic E-state index is 12.1. The van der Waals surface area contributed by atoms with Gasteiger partial charge in [0.2, 0.25) is 0 Å². The number of carbonyl (C=O) groups excluding carboxylic acids is 2. The SMILES string of the molecule is CCOc1ccc(C(C)(OC(C)=O)C(C)(OC(C)=O)c2ccc(OCC)cc2)cc1. The molecule has 162 valence electrons. The lowest BCUT2D eigenvalue weighted by Gasteiger charge is -2.45. The second-order valence-corrected chi connectivity index (χ2v) is 7.17. The fraction of sp³-hybridized carbons (Fsp3) is 0.417. The highest BCUT2D eigenvalue weighted by atomic mass is 16.6. The molecule has 6 heteroatoms. The molecule has 30 heavy (non-hydrogen) atoms. The molecule has 2 atom stereocenters. The Bertz CT molecular complexity index is 785. The maximum absolute atomic E-state index is 12.1. The summed E-state index contributed by atoms with van der Waals surface area (Å²) in [5, 5.41) is 0. The molecule has 2 rings (SSSR count). The van der Waals surface area contributed by atoms with Gasteiger partial charge in [0.05, 0.1) is 13.2 Å². The Morgan fingerprint density at radius 3 is 1.20 bits per heavy atom. The van der Waals surface area contributed by atoms with E-state index >= 15 is 0 Å². The second kappa shape index (κ2) is 9.65. The van der Waals surface area contributed by atoms with Gasteiger partial charge in [0.15, 0.2) is 11.2 Å². The van der Waals surface area contributed by atoms with Gasteiger partial charge in [-0.25, -0.2) is 0 Å². The van der Waals surface area contributed by atoms with Crippen LogP contribution in [-0.2, 0) is 30.3 Å². The van der Waals surface area contributed by atoms with Crippen LogP contribution in [0.5, 0.6) is 11.5 Å². The molecule has 0 amide bonds. The highest BCUT2D eigenvalue weighted by Gasteiger charge is 2.53. The molecular weight excluding hydrogens is 384 g/mol. The number of rotatable bonds is 9. The quantitative estimate of drug-likeness (QED) is 0.552. The second-order valence-electron chi connectivity index (χ2n) is 7.17. The molecule has 0 aromatic heterocycles.